The lowest BCUT2D eigenvalue weighted by molar-refractivity contribution is 0.0599. The predicted octanol–water partition coefficient (Wildman–Crippen LogP) is 2.62. The molecule has 9 heteroatoms. The number of rotatable bonds is 6. The van der Waals surface area contributed by atoms with Gasteiger partial charge < -0.3 is 13.9 Å². The SMILES string of the molecule is COC(=O)c1cc(CNS(=O)(=O)c2cc(Br)ccc2OC)oc1C. The second-order valence-electron chi connectivity index (χ2n) is 4.79. The molecule has 0 aliphatic carbocycles. The standard InChI is InChI=1S/C15H16BrNO6S/c1-9-12(15(18)22-3)7-11(23-9)8-17-24(19,20)14-6-10(16)4-5-13(14)21-2/h4-7,17H,8H2,1-3H3. The molecule has 0 amide bonds. The van der Waals surface area contributed by atoms with Gasteiger partial charge in [-0.3, -0.25) is 0 Å². The Morgan fingerprint density at radius 3 is 2.62 bits per heavy atom. The zero-order chi connectivity index (χ0) is 17.9. The molecule has 0 spiro atoms. The van der Waals surface area contributed by atoms with Gasteiger partial charge in [0.25, 0.3) is 0 Å². The minimum absolute atomic E-state index is 0.00385. The van der Waals surface area contributed by atoms with Crippen LogP contribution in [0.5, 0.6) is 5.75 Å². The summed E-state index contributed by atoms with van der Waals surface area (Å²) in [5.41, 5.74) is 0.256. The maximum Gasteiger partial charge on any atom is 0.341 e. The molecule has 0 aliphatic heterocycles. The number of benzene rings is 1. The fourth-order valence-electron chi connectivity index (χ4n) is 2.05. The number of carbonyl (C=O) groups excluding carboxylic acids is 1. The second-order valence-corrected chi connectivity index (χ2v) is 7.44. The average Bonchev–Trinajstić information content (AvgIpc) is 2.93. The monoisotopic (exact) mass is 417 g/mol. The molecular formula is C15H16BrNO6S. The molecular weight excluding hydrogens is 402 g/mol. The molecule has 0 fully saturated rings. The Hall–Kier alpha value is -1.84. The van der Waals surface area contributed by atoms with Crippen LogP contribution in [0.25, 0.3) is 0 Å². The van der Waals surface area contributed by atoms with Crippen LogP contribution < -0.4 is 9.46 Å². The van der Waals surface area contributed by atoms with Crippen molar-refractivity contribution in [2.45, 2.75) is 18.4 Å². The van der Waals surface area contributed by atoms with E-state index in [0.717, 1.165) is 0 Å². The Balaban J connectivity index is 2.22. The van der Waals surface area contributed by atoms with Gasteiger partial charge in [0, 0.05) is 4.47 Å². The number of carbonyl (C=O) groups is 1. The molecule has 1 aromatic heterocycles. The van der Waals surface area contributed by atoms with Crippen molar-refractivity contribution in [1.82, 2.24) is 4.72 Å². The van der Waals surface area contributed by atoms with E-state index in [9.17, 15) is 13.2 Å². The topological polar surface area (TPSA) is 94.8 Å². The molecule has 0 aliphatic rings. The van der Waals surface area contributed by atoms with Gasteiger partial charge in [-0.25, -0.2) is 17.9 Å². The van der Waals surface area contributed by atoms with Gasteiger partial charge in [0.15, 0.2) is 0 Å². The van der Waals surface area contributed by atoms with E-state index in [-0.39, 0.29) is 22.8 Å². The Morgan fingerprint density at radius 2 is 2.00 bits per heavy atom. The fourth-order valence-corrected chi connectivity index (χ4v) is 3.75. The highest BCUT2D eigenvalue weighted by Crippen LogP contribution is 2.27. The summed E-state index contributed by atoms with van der Waals surface area (Å²) in [5, 5.41) is 0. The Kier molecular flexibility index (Phi) is 5.68. The Labute approximate surface area is 148 Å². The number of methoxy groups -OCH3 is 2. The lowest BCUT2D eigenvalue weighted by atomic mass is 10.2. The second kappa shape index (κ2) is 7.37. The molecule has 0 bridgehead atoms. The third kappa shape index (κ3) is 3.97. The van der Waals surface area contributed by atoms with Crippen LogP contribution in [-0.4, -0.2) is 28.6 Å². The number of esters is 1. The number of hydrogen-bond acceptors (Lipinski definition) is 6. The quantitative estimate of drug-likeness (QED) is 0.725. The van der Waals surface area contributed by atoms with Crippen LogP contribution in [0, 0.1) is 6.92 Å². The maximum atomic E-state index is 12.5. The third-order valence-corrected chi connectivity index (χ3v) is 5.14. The highest BCUT2D eigenvalue weighted by atomic mass is 79.9. The molecule has 2 rings (SSSR count). The van der Waals surface area contributed by atoms with E-state index >= 15 is 0 Å². The van der Waals surface area contributed by atoms with Crippen LogP contribution in [0.4, 0.5) is 0 Å². The van der Waals surface area contributed by atoms with E-state index in [4.69, 9.17) is 9.15 Å². The Bertz CT molecular complexity index is 859. The Morgan fingerprint density at radius 1 is 1.29 bits per heavy atom. The third-order valence-electron chi connectivity index (χ3n) is 3.23. The predicted molar refractivity (Wildman–Crippen MR) is 89.5 cm³/mol. The normalized spacial score (nSPS) is 11.3. The van der Waals surface area contributed by atoms with Gasteiger partial charge in [-0.05, 0) is 31.2 Å². The van der Waals surface area contributed by atoms with Gasteiger partial charge >= 0.3 is 5.97 Å². The van der Waals surface area contributed by atoms with Gasteiger partial charge in [0.1, 0.15) is 27.7 Å². The number of nitrogens with one attached hydrogen (secondary N) is 1. The number of hydrogen-bond donors (Lipinski definition) is 1. The minimum Gasteiger partial charge on any atom is -0.495 e. The van der Waals surface area contributed by atoms with E-state index in [2.05, 4.69) is 25.4 Å². The van der Waals surface area contributed by atoms with Crippen LogP contribution in [0.1, 0.15) is 21.9 Å². The van der Waals surface area contributed by atoms with Crippen LogP contribution in [0.15, 0.2) is 38.1 Å². The first-order chi connectivity index (χ1) is 11.3. The molecule has 0 atom stereocenters. The molecule has 2 aromatic rings. The highest BCUT2D eigenvalue weighted by molar-refractivity contribution is 9.10. The van der Waals surface area contributed by atoms with Crippen molar-refractivity contribution >= 4 is 31.9 Å². The number of sulfonamides is 1. The maximum absolute atomic E-state index is 12.5. The van der Waals surface area contributed by atoms with Crippen molar-refractivity contribution in [3.63, 3.8) is 0 Å². The first kappa shape index (κ1) is 18.5. The molecule has 1 aromatic carbocycles. The summed E-state index contributed by atoms with van der Waals surface area (Å²) in [6.45, 7) is 1.48. The summed E-state index contributed by atoms with van der Waals surface area (Å²) >= 11 is 3.23. The number of aryl methyl sites for hydroxylation is 1. The lowest BCUT2D eigenvalue weighted by Gasteiger charge is -2.10. The zero-order valence-corrected chi connectivity index (χ0v) is 15.7. The first-order valence-electron chi connectivity index (χ1n) is 6.79. The molecule has 0 saturated heterocycles. The summed E-state index contributed by atoms with van der Waals surface area (Å²) in [5.74, 6) is 0.331. The van der Waals surface area contributed by atoms with Crippen molar-refractivity contribution in [2.24, 2.45) is 0 Å². The number of halogens is 1. The van der Waals surface area contributed by atoms with Gasteiger partial charge in [-0.1, -0.05) is 15.9 Å². The zero-order valence-electron chi connectivity index (χ0n) is 13.3. The highest BCUT2D eigenvalue weighted by Gasteiger charge is 2.21. The summed E-state index contributed by atoms with van der Waals surface area (Å²) < 4.78 is 43.1. The lowest BCUT2D eigenvalue weighted by Crippen LogP contribution is -2.23. The van der Waals surface area contributed by atoms with E-state index in [1.54, 1.807) is 19.1 Å². The van der Waals surface area contributed by atoms with Gasteiger partial charge in [0.2, 0.25) is 10.0 Å². The van der Waals surface area contributed by atoms with E-state index < -0.39 is 16.0 Å². The van der Waals surface area contributed by atoms with Crippen molar-refractivity contribution in [3.8, 4) is 5.75 Å². The van der Waals surface area contributed by atoms with E-state index in [1.165, 1.54) is 26.4 Å². The van der Waals surface area contributed by atoms with Crippen molar-refractivity contribution in [2.75, 3.05) is 14.2 Å². The van der Waals surface area contributed by atoms with Crippen LogP contribution >= 0.6 is 15.9 Å². The van der Waals surface area contributed by atoms with Crippen molar-refractivity contribution in [3.05, 3.63) is 45.8 Å². The fraction of sp³-hybridized carbons (Fsp3) is 0.267. The smallest absolute Gasteiger partial charge is 0.341 e. The number of ether oxygens (including phenoxy) is 2. The molecule has 7 nitrogen and oxygen atoms in total. The minimum atomic E-state index is -3.83. The summed E-state index contributed by atoms with van der Waals surface area (Å²) in [7, 11) is -1.18. The van der Waals surface area contributed by atoms with E-state index in [1.807, 2.05) is 0 Å². The van der Waals surface area contributed by atoms with Crippen LogP contribution in [-0.2, 0) is 21.3 Å². The molecule has 1 heterocycles. The molecule has 24 heavy (non-hydrogen) atoms. The first-order valence-corrected chi connectivity index (χ1v) is 9.07. The molecule has 1 N–H and O–H groups in total. The molecule has 0 radical (unpaired) electrons. The molecule has 0 saturated carbocycles. The molecule has 0 unspecified atom stereocenters. The van der Waals surface area contributed by atoms with Crippen LogP contribution in [0.3, 0.4) is 0 Å². The molecule has 130 valence electrons. The summed E-state index contributed by atoms with van der Waals surface area (Å²) in [6, 6.07) is 6.11. The summed E-state index contributed by atoms with van der Waals surface area (Å²) in [6.07, 6.45) is 0. The van der Waals surface area contributed by atoms with E-state index in [0.29, 0.717) is 16.0 Å². The van der Waals surface area contributed by atoms with Crippen molar-refractivity contribution < 1.29 is 27.1 Å². The largest absolute Gasteiger partial charge is 0.495 e. The van der Waals surface area contributed by atoms with Gasteiger partial charge in [0.05, 0.1) is 20.8 Å². The van der Waals surface area contributed by atoms with Gasteiger partial charge in [-0.2, -0.15) is 0 Å². The van der Waals surface area contributed by atoms with Crippen molar-refractivity contribution in [1.29, 1.82) is 0 Å². The number of furan rings is 1. The summed E-state index contributed by atoms with van der Waals surface area (Å²) in [4.78, 5) is 11.5. The van der Waals surface area contributed by atoms with Crippen LogP contribution in [0.2, 0.25) is 0 Å². The average molecular weight is 418 g/mol. The van der Waals surface area contributed by atoms with Gasteiger partial charge in [-0.15, -0.1) is 0 Å².